The zero-order valence-electron chi connectivity index (χ0n) is 6.02. The van der Waals surface area contributed by atoms with Gasteiger partial charge in [0.2, 0.25) is 0 Å². The first kappa shape index (κ1) is 16.7. The molecule has 0 aliphatic heterocycles. The highest BCUT2D eigenvalue weighted by molar-refractivity contribution is 5.94. The second kappa shape index (κ2) is 5.95. The first-order valence-electron chi connectivity index (χ1n) is 2.05. The van der Waals surface area contributed by atoms with Gasteiger partial charge in [-0.2, -0.15) is 0 Å². The van der Waals surface area contributed by atoms with E-state index >= 15 is 0 Å². The number of carboxylic acid groups (broad SMARTS) is 2. The molecule has 72 valence electrons. The fourth-order valence-electron chi connectivity index (χ4n) is 0.203. The van der Waals surface area contributed by atoms with Gasteiger partial charge in [-0.15, -0.1) is 0 Å². The van der Waals surface area contributed by atoms with E-state index in [1.807, 2.05) is 0 Å². The topological polar surface area (TPSA) is 185 Å². The minimum atomic E-state index is -1.89. The highest BCUT2D eigenvalue weighted by Gasteiger charge is 2.17. The van der Waals surface area contributed by atoms with E-state index in [0.717, 1.165) is 0 Å². The smallest absolute Gasteiger partial charge is 0.375 e. The molecule has 0 aliphatic carbocycles. The lowest BCUT2D eigenvalue weighted by Crippen LogP contribution is -2.10. The molecule has 8 heteroatoms. The molecule has 12 heavy (non-hydrogen) atoms. The van der Waals surface area contributed by atoms with Crippen molar-refractivity contribution in [2.45, 2.75) is 0 Å². The molecule has 0 spiro atoms. The van der Waals surface area contributed by atoms with Crippen LogP contribution < -0.4 is 12.3 Å². The molecule has 8 nitrogen and oxygen atoms in total. The molecule has 0 fully saturated rings. The lowest BCUT2D eigenvalue weighted by Gasteiger charge is -1.92. The number of aliphatic hydroxyl groups is 2. The average Bonchev–Trinajstić information content (AvgIpc) is 1.84. The maximum absolute atomic E-state index is 9.71. The van der Waals surface area contributed by atoms with Crippen LogP contribution in [0.1, 0.15) is 0 Å². The van der Waals surface area contributed by atoms with Crippen molar-refractivity contribution >= 4 is 11.9 Å². The van der Waals surface area contributed by atoms with Crippen molar-refractivity contribution in [3.63, 3.8) is 0 Å². The Bertz CT molecular complexity index is 188. The number of rotatable bonds is 2. The lowest BCUT2D eigenvalue weighted by atomic mass is 10.4. The molecule has 0 radical (unpaired) electrons. The standard InChI is InChI=1S/C4H4O6.2H3N/c5-1(3(7)8)2(6)4(9)10;;/h5-6H,(H,7,8)(H,9,10);2*1H3. The average molecular weight is 182 g/mol. The normalized spacial score (nSPS) is 10.0. The van der Waals surface area contributed by atoms with E-state index in [0.29, 0.717) is 0 Å². The zero-order valence-corrected chi connectivity index (χ0v) is 6.02. The van der Waals surface area contributed by atoms with E-state index in [2.05, 4.69) is 0 Å². The molecule has 0 saturated carbocycles. The van der Waals surface area contributed by atoms with Crippen LogP contribution in [0.2, 0.25) is 0 Å². The van der Waals surface area contributed by atoms with Crippen LogP contribution in [0.4, 0.5) is 0 Å². The van der Waals surface area contributed by atoms with Gasteiger partial charge >= 0.3 is 11.9 Å². The summed E-state index contributed by atoms with van der Waals surface area (Å²) in [6.45, 7) is 0. The van der Waals surface area contributed by atoms with Crippen molar-refractivity contribution in [2.24, 2.45) is 0 Å². The van der Waals surface area contributed by atoms with Crippen molar-refractivity contribution < 1.29 is 30.0 Å². The van der Waals surface area contributed by atoms with Crippen molar-refractivity contribution in [3.8, 4) is 0 Å². The molecule has 0 unspecified atom stereocenters. The molecule has 0 aromatic carbocycles. The Morgan fingerprint density at radius 2 is 0.833 bits per heavy atom. The summed E-state index contributed by atoms with van der Waals surface area (Å²) in [7, 11) is 0. The molecule has 0 aliphatic rings. The quantitative estimate of drug-likeness (QED) is 0.250. The minimum Gasteiger partial charge on any atom is -0.499 e. The van der Waals surface area contributed by atoms with E-state index in [9.17, 15) is 9.59 Å². The molecule has 0 heterocycles. The van der Waals surface area contributed by atoms with Crippen LogP contribution in [0.25, 0.3) is 0 Å². The molecular formula is C4H10N2O6. The number of aliphatic carboxylic acids is 2. The summed E-state index contributed by atoms with van der Waals surface area (Å²) in [5.41, 5.74) is 0. The van der Waals surface area contributed by atoms with Gasteiger partial charge in [-0.25, -0.2) is 9.59 Å². The molecule has 10 N–H and O–H groups in total. The third-order valence-corrected chi connectivity index (χ3v) is 0.629. The predicted octanol–water partition coefficient (Wildman–Crippen LogP) is -0.193. The van der Waals surface area contributed by atoms with Gasteiger partial charge in [-0.1, -0.05) is 0 Å². The summed E-state index contributed by atoms with van der Waals surface area (Å²) in [6.07, 6.45) is 0. The van der Waals surface area contributed by atoms with Crippen LogP contribution in [0, 0.1) is 0 Å². The number of carboxylic acids is 2. The SMILES string of the molecule is N.N.O=C(O)C(O)=C(O)C(=O)O. The Labute approximate surface area is 66.9 Å². The molecule has 0 aromatic rings. The maximum Gasteiger partial charge on any atom is 0.375 e. The van der Waals surface area contributed by atoms with E-state index < -0.39 is 23.5 Å². The molecule has 0 bridgehead atoms. The highest BCUT2D eigenvalue weighted by Crippen LogP contribution is 1.96. The van der Waals surface area contributed by atoms with Gasteiger partial charge in [0, 0.05) is 0 Å². The first-order chi connectivity index (χ1) is 4.46. The molecule has 0 amide bonds. The maximum atomic E-state index is 9.71. The third kappa shape index (κ3) is 4.09. The van der Waals surface area contributed by atoms with E-state index in [1.165, 1.54) is 0 Å². The van der Waals surface area contributed by atoms with Crippen LogP contribution >= 0.6 is 0 Å². The number of aliphatic hydroxyl groups excluding tert-OH is 2. The van der Waals surface area contributed by atoms with Crippen LogP contribution in [0.3, 0.4) is 0 Å². The fraction of sp³-hybridized carbons (Fsp3) is 0. The molecule has 0 saturated heterocycles. The van der Waals surface area contributed by atoms with Crippen LogP contribution in [-0.2, 0) is 9.59 Å². The van der Waals surface area contributed by atoms with Crippen molar-refractivity contribution in [3.05, 3.63) is 11.5 Å². The van der Waals surface area contributed by atoms with Crippen molar-refractivity contribution in [1.82, 2.24) is 12.3 Å². The number of hydrogen-bond donors (Lipinski definition) is 6. The Hall–Kier alpha value is -1.80. The van der Waals surface area contributed by atoms with Gasteiger partial charge in [0.25, 0.3) is 11.5 Å². The Morgan fingerprint density at radius 3 is 0.917 bits per heavy atom. The predicted molar refractivity (Wildman–Crippen MR) is 37.6 cm³/mol. The first-order valence-corrected chi connectivity index (χ1v) is 2.05. The Balaban J connectivity index is -0.000000405. The van der Waals surface area contributed by atoms with Gasteiger partial charge in [0.1, 0.15) is 0 Å². The Morgan fingerprint density at radius 1 is 0.667 bits per heavy atom. The summed E-state index contributed by atoms with van der Waals surface area (Å²) in [5, 5.41) is 32.2. The van der Waals surface area contributed by atoms with Gasteiger partial charge < -0.3 is 32.7 Å². The minimum absolute atomic E-state index is 0. The number of carbonyl (C=O) groups is 2. The van der Waals surface area contributed by atoms with Crippen molar-refractivity contribution in [2.75, 3.05) is 0 Å². The number of hydrogen-bond acceptors (Lipinski definition) is 6. The molecule has 0 aromatic heterocycles. The van der Waals surface area contributed by atoms with Gasteiger partial charge in [0.05, 0.1) is 0 Å². The van der Waals surface area contributed by atoms with E-state index in [4.69, 9.17) is 20.4 Å². The van der Waals surface area contributed by atoms with Gasteiger partial charge in [0.15, 0.2) is 0 Å². The fourth-order valence-corrected chi connectivity index (χ4v) is 0.203. The Kier molecular flexibility index (Phi) is 8.25. The summed E-state index contributed by atoms with van der Waals surface area (Å²) >= 11 is 0. The van der Waals surface area contributed by atoms with Gasteiger partial charge in [-0.05, 0) is 0 Å². The third-order valence-electron chi connectivity index (χ3n) is 0.629. The van der Waals surface area contributed by atoms with Crippen LogP contribution in [0.15, 0.2) is 11.5 Å². The van der Waals surface area contributed by atoms with Crippen LogP contribution in [-0.4, -0.2) is 32.4 Å². The molecular weight excluding hydrogens is 172 g/mol. The van der Waals surface area contributed by atoms with Crippen LogP contribution in [0.5, 0.6) is 0 Å². The second-order valence-corrected chi connectivity index (χ2v) is 1.31. The summed E-state index contributed by atoms with van der Waals surface area (Å²) in [4.78, 5) is 19.4. The largest absolute Gasteiger partial charge is 0.499 e. The zero-order chi connectivity index (χ0) is 8.31. The highest BCUT2D eigenvalue weighted by atomic mass is 16.4. The lowest BCUT2D eigenvalue weighted by molar-refractivity contribution is -0.140. The monoisotopic (exact) mass is 182 g/mol. The van der Waals surface area contributed by atoms with Gasteiger partial charge in [-0.3, -0.25) is 0 Å². The van der Waals surface area contributed by atoms with E-state index in [1.54, 1.807) is 0 Å². The van der Waals surface area contributed by atoms with Crippen molar-refractivity contribution in [1.29, 1.82) is 0 Å². The summed E-state index contributed by atoms with van der Waals surface area (Å²) in [6, 6.07) is 0. The second-order valence-electron chi connectivity index (χ2n) is 1.31. The molecule has 0 atom stereocenters. The van der Waals surface area contributed by atoms with E-state index in [-0.39, 0.29) is 12.3 Å². The summed E-state index contributed by atoms with van der Waals surface area (Å²) < 4.78 is 0. The molecule has 0 rings (SSSR count). The summed E-state index contributed by atoms with van der Waals surface area (Å²) in [5.74, 6) is -6.93.